The number of rotatable bonds is 3. The lowest BCUT2D eigenvalue weighted by Crippen LogP contribution is -2.41. The number of nitrogens with two attached hydrogens (primary N) is 1. The van der Waals surface area contributed by atoms with Gasteiger partial charge in [-0.3, -0.25) is 14.4 Å². The van der Waals surface area contributed by atoms with Crippen LogP contribution in [-0.2, 0) is 6.54 Å². The molecule has 8 nitrogen and oxygen atoms in total. The van der Waals surface area contributed by atoms with Crippen molar-refractivity contribution in [3.8, 4) is 5.82 Å². The lowest BCUT2D eigenvalue weighted by atomic mass is 10.0. The molecule has 0 bridgehead atoms. The third-order valence-corrected chi connectivity index (χ3v) is 5.99. The molecule has 0 amide bonds. The first-order valence-corrected chi connectivity index (χ1v) is 10.2. The number of hydrogen-bond acceptors (Lipinski definition) is 7. The number of pyridine rings is 2. The predicted octanol–water partition coefficient (Wildman–Crippen LogP) is 2.71. The second-order valence-corrected chi connectivity index (χ2v) is 8.08. The Kier molecular flexibility index (Phi) is 4.59. The number of halogens is 1. The lowest BCUT2D eigenvalue weighted by Gasteiger charge is -2.26. The maximum atomic E-state index is 13.7. The van der Waals surface area contributed by atoms with E-state index in [0.29, 0.717) is 28.8 Å². The molecule has 2 unspecified atom stereocenters. The maximum absolute atomic E-state index is 13.7. The zero-order valence-electron chi connectivity index (χ0n) is 17.0. The van der Waals surface area contributed by atoms with E-state index in [1.807, 2.05) is 50.2 Å². The van der Waals surface area contributed by atoms with Crippen LogP contribution in [0.1, 0.15) is 16.8 Å². The van der Waals surface area contributed by atoms with E-state index in [2.05, 4.69) is 20.1 Å². The maximum Gasteiger partial charge on any atom is 0.264 e. The van der Waals surface area contributed by atoms with Crippen molar-refractivity contribution in [3.05, 3.63) is 69.8 Å². The van der Waals surface area contributed by atoms with Gasteiger partial charge in [0.1, 0.15) is 29.1 Å². The van der Waals surface area contributed by atoms with Gasteiger partial charge in [-0.1, -0.05) is 35.9 Å². The van der Waals surface area contributed by atoms with Crippen molar-refractivity contribution in [2.45, 2.75) is 26.6 Å². The zero-order valence-corrected chi connectivity index (χ0v) is 17.8. The monoisotopic (exact) mass is 433 g/mol. The van der Waals surface area contributed by atoms with E-state index < -0.39 is 6.17 Å². The molecule has 9 heteroatoms. The Hall–Kier alpha value is -3.52. The molecule has 3 aromatic rings. The van der Waals surface area contributed by atoms with Crippen molar-refractivity contribution in [3.63, 3.8) is 0 Å². The molecule has 2 N–H and O–H groups in total. The quantitative estimate of drug-likeness (QED) is 0.686. The van der Waals surface area contributed by atoms with Gasteiger partial charge in [0.15, 0.2) is 6.17 Å². The first-order chi connectivity index (χ1) is 15.0. The summed E-state index contributed by atoms with van der Waals surface area (Å²) >= 11 is 6.36. The van der Waals surface area contributed by atoms with E-state index in [-0.39, 0.29) is 11.5 Å². The predicted molar refractivity (Wildman–Crippen MR) is 123 cm³/mol. The summed E-state index contributed by atoms with van der Waals surface area (Å²) in [6.45, 7) is 4.17. The fourth-order valence-electron chi connectivity index (χ4n) is 4.17. The highest BCUT2D eigenvalue weighted by Gasteiger charge is 2.40. The summed E-state index contributed by atoms with van der Waals surface area (Å²) in [5.74, 6) is 0.584. The summed E-state index contributed by atoms with van der Waals surface area (Å²) in [6, 6.07) is 11.6. The van der Waals surface area contributed by atoms with Crippen molar-refractivity contribution >= 4 is 39.7 Å². The first-order valence-electron chi connectivity index (χ1n) is 9.87. The zero-order chi connectivity index (χ0) is 21.7. The summed E-state index contributed by atoms with van der Waals surface area (Å²) in [7, 11) is 0. The molecule has 5 rings (SSSR count). The summed E-state index contributed by atoms with van der Waals surface area (Å²) in [5, 5.41) is 8.09. The third-order valence-electron chi connectivity index (χ3n) is 5.68. The van der Waals surface area contributed by atoms with Crippen molar-refractivity contribution in [1.29, 1.82) is 0 Å². The number of aliphatic imine (C=N–C) groups is 2. The van der Waals surface area contributed by atoms with Gasteiger partial charge < -0.3 is 5.73 Å². The number of benzene rings is 1. The van der Waals surface area contributed by atoms with E-state index in [4.69, 9.17) is 17.3 Å². The topological polar surface area (TPSA) is 101 Å². The second kappa shape index (κ2) is 7.31. The molecular weight excluding hydrogens is 414 g/mol. The minimum absolute atomic E-state index is 0.119. The first kappa shape index (κ1) is 19.4. The SMILES string of the molecule is Cc1cccnc1-n1c(CN2N=C(Cl)C3C(N)=NC=NC32)cc2cccc(C)c2c1=O. The average molecular weight is 434 g/mol. The molecular formula is C22H20ClN7O. The van der Waals surface area contributed by atoms with Gasteiger partial charge in [-0.15, -0.1) is 0 Å². The number of nitrogens with zero attached hydrogens (tertiary/aromatic N) is 6. The second-order valence-electron chi connectivity index (χ2n) is 7.69. The Balaban J connectivity index is 1.70. The fraction of sp³-hybridized carbons (Fsp3) is 0.227. The van der Waals surface area contributed by atoms with E-state index in [9.17, 15) is 4.79 Å². The van der Waals surface area contributed by atoms with Crippen LogP contribution >= 0.6 is 11.6 Å². The standard InChI is InChI=1S/C22H20ClN7O/c1-12-5-3-7-14-9-15(10-29-21-17(18(23)28-29)19(24)26-11-27-21)30(22(31)16(12)14)20-13(2)6-4-8-25-20/h3-9,11,17,21H,10H2,1-2H3,(H2,24,26,27). The van der Waals surface area contributed by atoms with Crippen LogP contribution in [0.2, 0.25) is 0 Å². The van der Waals surface area contributed by atoms with Gasteiger partial charge in [-0.2, -0.15) is 5.10 Å². The van der Waals surface area contributed by atoms with Gasteiger partial charge in [0.05, 0.1) is 11.9 Å². The number of aromatic nitrogens is 2. The van der Waals surface area contributed by atoms with Crippen molar-refractivity contribution in [2.24, 2.45) is 26.7 Å². The van der Waals surface area contributed by atoms with Gasteiger partial charge in [0, 0.05) is 11.9 Å². The number of hydrogen-bond donors (Lipinski definition) is 1. The Morgan fingerprint density at radius 1 is 1.16 bits per heavy atom. The minimum atomic E-state index is -0.397. The number of hydrazone groups is 1. The van der Waals surface area contributed by atoms with Crippen molar-refractivity contribution in [2.75, 3.05) is 0 Å². The molecule has 0 aliphatic carbocycles. The Morgan fingerprint density at radius 2 is 1.97 bits per heavy atom. The Bertz CT molecular complexity index is 1360. The van der Waals surface area contributed by atoms with E-state index >= 15 is 0 Å². The number of aryl methyl sites for hydroxylation is 2. The highest BCUT2D eigenvalue weighted by molar-refractivity contribution is 6.68. The van der Waals surface area contributed by atoms with Crippen LogP contribution in [0.5, 0.6) is 0 Å². The van der Waals surface area contributed by atoms with Gasteiger partial charge in [0.25, 0.3) is 5.56 Å². The van der Waals surface area contributed by atoms with Crippen LogP contribution in [0, 0.1) is 19.8 Å². The van der Waals surface area contributed by atoms with Crippen LogP contribution < -0.4 is 11.3 Å². The fourth-order valence-corrected chi connectivity index (χ4v) is 4.49. The van der Waals surface area contributed by atoms with E-state index in [0.717, 1.165) is 22.2 Å². The molecule has 2 aliphatic heterocycles. The van der Waals surface area contributed by atoms with Gasteiger partial charge in [-0.25, -0.2) is 15.0 Å². The van der Waals surface area contributed by atoms with Gasteiger partial charge >= 0.3 is 0 Å². The van der Waals surface area contributed by atoms with Crippen molar-refractivity contribution in [1.82, 2.24) is 14.6 Å². The molecule has 0 saturated carbocycles. The van der Waals surface area contributed by atoms with Crippen LogP contribution in [0.25, 0.3) is 16.6 Å². The van der Waals surface area contributed by atoms with Crippen LogP contribution in [0.15, 0.2) is 62.5 Å². The highest BCUT2D eigenvalue weighted by Crippen LogP contribution is 2.30. The summed E-state index contributed by atoms with van der Waals surface area (Å²) in [5.41, 5.74) is 8.45. The molecule has 0 radical (unpaired) electrons. The minimum Gasteiger partial charge on any atom is -0.386 e. The van der Waals surface area contributed by atoms with Crippen LogP contribution in [-0.4, -0.2) is 38.1 Å². The smallest absolute Gasteiger partial charge is 0.264 e. The molecule has 2 atom stereocenters. The van der Waals surface area contributed by atoms with E-state index in [1.165, 1.54) is 6.34 Å². The largest absolute Gasteiger partial charge is 0.386 e. The normalized spacial score (nSPS) is 20.0. The molecule has 1 aromatic carbocycles. The molecule has 4 heterocycles. The number of amidine groups is 1. The molecule has 0 saturated heterocycles. The molecule has 0 fully saturated rings. The van der Waals surface area contributed by atoms with Gasteiger partial charge in [-0.05, 0) is 42.5 Å². The summed E-state index contributed by atoms with van der Waals surface area (Å²) in [4.78, 5) is 26.6. The number of fused-ring (bicyclic) bond motifs is 2. The molecule has 0 spiro atoms. The molecule has 2 aliphatic rings. The van der Waals surface area contributed by atoms with Crippen LogP contribution in [0.4, 0.5) is 0 Å². The molecule has 31 heavy (non-hydrogen) atoms. The van der Waals surface area contributed by atoms with Crippen LogP contribution in [0.3, 0.4) is 0 Å². The Labute approximate surface area is 183 Å². The van der Waals surface area contributed by atoms with E-state index in [1.54, 1.807) is 15.8 Å². The summed E-state index contributed by atoms with van der Waals surface area (Å²) < 4.78 is 1.66. The van der Waals surface area contributed by atoms with Gasteiger partial charge in [0.2, 0.25) is 0 Å². The lowest BCUT2D eigenvalue weighted by molar-refractivity contribution is 0.210. The molecule has 2 aromatic heterocycles. The molecule has 156 valence electrons. The highest BCUT2D eigenvalue weighted by atomic mass is 35.5. The average Bonchev–Trinajstić information content (AvgIpc) is 3.05. The van der Waals surface area contributed by atoms with Crippen molar-refractivity contribution < 1.29 is 0 Å². The third kappa shape index (κ3) is 3.11. The summed E-state index contributed by atoms with van der Waals surface area (Å²) in [6.07, 6.45) is 2.71. The Morgan fingerprint density at radius 3 is 2.77 bits per heavy atom.